The SMILES string of the molecule is CCCSC(=O)c1ccc2nc(-c3ccc(F)cc3)c(N(C)C(C)C)nc2c1. The molecule has 0 aliphatic rings. The van der Waals surface area contributed by atoms with Gasteiger partial charge in [-0.05, 0) is 62.7 Å². The third kappa shape index (κ3) is 4.33. The van der Waals surface area contributed by atoms with Crippen molar-refractivity contribution in [1.29, 1.82) is 0 Å². The fourth-order valence-electron chi connectivity index (χ4n) is 2.74. The van der Waals surface area contributed by atoms with Crippen molar-refractivity contribution in [3.8, 4) is 11.3 Å². The molecule has 0 aliphatic heterocycles. The first-order valence-electron chi connectivity index (χ1n) is 9.38. The zero-order valence-corrected chi connectivity index (χ0v) is 17.4. The average Bonchev–Trinajstić information content (AvgIpc) is 2.70. The molecule has 3 aromatic rings. The number of fused-ring (bicyclic) bond motifs is 1. The van der Waals surface area contributed by atoms with Gasteiger partial charge in [-0.3, -0.25) is 4.79 Å². The number of carbonyl (C=O) groups is 1. The lowest BCUT2D eigenvalue weighted by molar-refractivity contribution is 0.108. The lowest BCUT2D eigenvalue weighted by atomic mass is 10.1. The standard InChI is InChI=1S/C22H24FN3OS/c1-5-12-28-22(27)16-8-11-18-19(13-16)25-21(26(4)14(2)3)20(24-18)15-6-9-17(23)10-7-15/h6-11,13-14H,5,12H2,1-4H3. The maximum atomic E-state index is 13.4. The molecule has 0 radical (unpaired) electrons. The molecule has 2 aromatic carbocycles. The van der Waals surface area contributed by atoms with Crippen molar-refractivity contribution >= 4 is 33.7 Å². The van der Waals surface area contributed by atoms with Crippen LogP contribution in [0, 0.1) is 5.82 Å². The van der Waals surface area contributed by atoms with Crippen LogP contribution in [0.3, 0.4) is 0 Å². The molecule has 0 saturated carbocycles. The normalized spacial score (nSPS) is 11.2. The summed E-state index contributed by atoms with van der Waals surface area (Å²) in [6.07, 6.45) is 0.953. The maximum Gasteiger partial charge on any atom is 0.219 e. The summed E-state index contributed by atoms with van der Waals surface area (Å²) in [6.45, 7) is 6.19. The highest BCUT2D eigenvalue weighted by molar-refractivity contribution is 8.14. The molecule has 0 N–H and O–H groups in total. The van der Waals surface area contributed by atoms with Crippen molar-refractivity contribution in [3.05, 3.63) is 53.8 Å². The predicted octanol–water partition coefficient (Wildman–Crippen LogP) is 5.56. The third-order valence-electron chi connectivity index (χ3n) is 4.55. The molecule has 0 unspecified atom stereocenters. The highest BCUT2D eigenvalue weighted by atomic mass is 32.2. The van der Waals surface area contributed by atoms with E-state index >= 15 is 0 Å². The van der Waals surface area contributed by atoms with Gasteiger partial charge in [-0.15, -0.1) is 0 Å². The molecule has 0 bridgehead atoms. The van der Waals surface area contributed by atoms with Crippen LogP contribution in [0.15, 0.2) is 42.5 Å². The van der Waals surface area contributed by atoms with Crippen LogP contribution >= 0.6 is 11.8 Å². The van der Waals surface area contributed by atoms with E-state index in [1.54, 1.807) is 24.3 Å². The fourth-order valence-corrected chi connectivity index (χ4v) is 3.43. The summed E-state index contributed by atoms with van der Waals surface area (Å²) < 4.78 is 13.4. The Morgan fingerprint density at radius 2 is 1.82 bits per heavy atom. The lowest BCUT2D eigenvalue weighted by Crippen LogP contribution is -2.27. The van der Waals surface area contributed by atoms with Crippen LogP contribution in [0.5, 0.6) is 0 Å². The molecule has 0 atom stereocenters. The van der Waals surface area contributed by atoms with Gasteiger partial charge in [0.05, 0.1) is 11.0 Å². The molecule has 0 saturated heterocycles. The summed E-state index contributed by atoms with van der Waals surface area (Å²) in [4.78, 5) is 24.0. The molecule has 1 aromatic heterocycles. The van der Waals surface area contributed by atoms with Crippen molar-refractivity contribution in [3.63, 3.8) is 0 Å². The summed E-state index contributed by atoms with van der Waals surface area (Å²) in [5.41, 5.74) is 3.52. The van der Waals surface area contributed by atoms with E-state index in [2.05, 4.69) is 20.8 Å². The van der Waals surface area contributed by atoms with E-state index < -0.39 is 0 Å². The van der Waals surface area contributed by atoms with Crippen molar-refractivity contribution in [2.45, 2.75) is 33.2 Å². The number of hydrogen-bond donors (Lipinski definition) is 0. The van der Waals surface area contributed by atoms with Gasteiger partial charge in [-0.25, -0.2) is 14.4 Å². The first-order chi connectivity index (χ1) is 13.4. The molecule has 0 amide bonds. The second kappa shape index (κ2) is 8.69. The third-order valence-corrected chi connectivity index (χ3v) is 5.66. The Balaban J connectivity index is 2.13. The van der Waals surface area contributed by atoms with Gasteiger partial charge in [-0.2, -0.15) is 0 Å². The second-order valence-electron chi connectivity index (χ2n) is 6.95. The number of hydrogen-bond acceptors (Lipinski definition) is 5. The minimum absolute atomic E-state index is 0.0481. The molecule has 0 fully saturated rings. The summed E-state index contributed by atoms with van der Waals surface area (Å²) in [7, 11) is 1.96. The van der Waals surface area contributed by atoms with Crippen molar-refractivity contribution in [2.75, 3.05) is 17.7 Å². The molecule has 6 heteroatoms. The van der Waals surface area contributed by atoms with Crippen LogP contribution in [-0.4, -0.2) is 33.9 Å². The van der Waals surface area contributed by atoms with Crippen LogP contribution in [0.1, 0.15) is 37.6 Å². The molecular weight excluding hydrogens is 373 g/mol. The molecule has 0 spiro atoms. The van der Waals surface area contributed by atoms with Gasteiger partial charge in [0.1, 0.15) is 11.5 Å². The molecule has 28 heavy (non-hydrogen) atoms. The molecule has 146 valence electrons. The van der Waals surface area contributed by atoms with E-state index in [-0.39, 0.29) is 17.0 Å². The van der Waals surface area contributed by atoms with Gasteiger partial charge in [-0.1, -0.05) is 18.7 Å². The van der Waals surface area contributed by atoms with E-state index in [0.29, 0.717) is 28.1 Å². The second-order valence-corrected chi connectivity index (χ2v) is 8.01. The van der Waals surface area contributed by atoms with E-state index in [1.807, 2.05) is 18.0 Å². The van der Waals surface area contributed by atoms with Crippen LogP contribution < -0.4 is 4.90 Å². The summed E-state index contributed by atoms with van der Waals surface area (Å²) in [5.74, 6) is 1.22. The van der Waals surface area contributed by atoms with Crippen LogP contribution in [0.4, 0.5) is 10.2 Å². The maximum absolute atomic E-state index is 13.4. The largest absolute Gasteiger partial charge is 0.355 e. The van der Waals surface area contributed by atoms with Gasteiger partial charge < -0.3 is 4.90 Å². The molecular formula is C22H24FN3OS. The summed E-state index contributed by atoms with van der Waals surface area (Å²) >= 11 is 1.32. The van der Waals surface area contributed by atoms with E-state index in [0.717, 1.165) is 17.7 Å². The number of carbonyl (C=O) groups excluding carboxylic acids is 1. The van der Waals surface area contributed by atoms with Crippen molar-refractivity contribution in [2.24, 2.45) is 0 Å². The monoisotopic (exact) mass is 397 g/mol. The summed E-state index contributed by atoms with van der Waals surface area (Å²) in [6, 6.07) is 11.9. The Bertz CT molecular complexity index is 989. The van der Waals surface area contributed by atoms with E-state index in [4.69, 9.17) is 9.97 Å². The number of halogens is 1. The summed E-state index contributed by atoms with van der Waals surface area (Å²) in [5, 5.41) is 0.0481. The van der Waals surface area contributed by atoms with Crippen LogP contribution in [-0.2, 0) is 0 Å². The van der Waals surface area contributed by atoms with E-state index in [1.165, 1.54) is 23.9 Å². The number of rotatable bonds is 6. The van der Waals surface area contributed by atoms with Gasteiger partial charge in [0.15, 0.2) is 5.82 Å². The minimum Gasteiger partial charge on any atom is -0.355 e. The Kier molecular flexibility index (Phi) is 6.29. The van der Waals surface area contributed by atoms with Gasteiger partial charge in [0.2, 0.25) is 5.12 Å². The molecule has 3 rings (SSSR count). The van der Waals surface area contributed by atoms with Crippen molar-refractivity contribution in [1.82, 2.24) is 9.97 Å². The fraction of sp³-hybridized carbons (Fsp3) is 0.318. The first-order valence-corrected chi connectivity index (χ1v) is 10.4. The zero-order valence-electron chi connectivity index (χ0n) is 16.6. The average molecular weight is 398 g/mol. The molecule has 4 nitrogen and oxygen atoms in total. The van der Waals surface area contributed by atoms with Gasteiger partial charge in [0, 0.05) is 30.0 Å². The Hall–Kier alpha value is -2.47. The topological polar surface area (TPSA) is 46.1 Å². The Morgan fingerprint density at radius 3 is 2.46 bits per heavy atom. The highest BCUT2D eigenvalue weighted by Crippen LogP contribution is 2.31. The van der Waals surface area contributed by atoms with Crippen molar-refractivity contribution < 1.29 is 9.18 Å². The predicted molar refractivity (Wildman–Crippen MR) is 116 cm³/mol. The number of anilines is 1. The van der Waals surface area contributed by atoms with Gasteiger partial charge in [0.25, 0.3) is 0 Å². The van der Waals surface area contributed by atoms with Crippen LogP contribution in [0.25, 0.3) is 22.3 Å². The first kappa shape index (κ1) is 20.3. The Labute approximate surface area is 169 Å². The molecule has 1 heterocycles. The zero-order chi connectivity index (χ0) is 20.3. The minimum atomic E-state index is -0.288. The van der Waals surface area contributed by atoms with E-state index in [9.17, 15) is 9.18 Å². The Morgan fingerprint density at radius 1 is 1.11 bits per heavy atom. The number of nitrogens with zero attached hydrogens (tertiary/aromatic N) is 3. The number of benzene rings is 2. The lowest BCUT2D eigenvalue weighted by Gasteiger charge is -2.25. The molecule has 0 aliphatic carbocycles. The quantitative estimate of drug-likeness (QED) is 0.545. The van der Waals surface area contributed by atoms with Gasteiger partial charge >= 0.3 is 0 Å². The smallest absolute Gasteiger partial charge is 0.219 e. The number of thioether (sulfide) groups is 1. The highest BCUT2D eigenvalue weighted by Gasteiger charge is 2.18. The van der Waals surface area contributed by atoms with Crippen LogP contribution in [0.2, 0.25) is 0 Å². The number of aromatic nitrogens is 2.